The lowest BCUT2D eigenvalue weighted by molar-refractivity contribution is 0.0310. The van der Waals surface area contributed by atoms with Crippen LogP contribution in [0.25, 0.3) is 0 Å². The summed E-state index contributed by atoms with van der Waals surface area (Å²) in [5.41, 5.74) is 0.0280. The van der Waals surface area contributed by atoms with Gasteiger partial charge in [0, 0.05) is 25.3 Å². The van der Waals surface area contributed by atoms with Crippen molar-refractivity contribution in [3.63, 3.8) is 0 Å². The Morgan fingerprint density at radius 2 is 2.00 bits per heavy atom. The Bertz CT molecular complexity index is 230. The van der Waals surface area contributed by atoms with Gasteiger partial charge in [-0.2, -0.15) is 0 Å². The van der Waals surface area contributed by atoms with Crippen LogP contribution in [0.15, 0.2) is 0 Å². The second kappa shape index (κ2) is 10.6. The minimum absolute atomic E-state index is 0.0280. The molecule has 0 radical (unpaired) electrons. The van der Waals surface area contributed by atoms with E-state index < -0.39 is 6.10 Å². The van der Waals surface area contributed by atoms with Gasteiger partial charge in [0.1, 0.15) is 0 Å². The minimum atomic E-state index is -0.424. The van der Waals surface area contributed by atoms with Crippen molar-refractivity contribution in [3.8, 4) is 0 Å². The molecule has 0 aromatic rings. The third-order valence-corrected chi connectivity index (χ3v) is 3.94. The third-order valence-electron chi connectivity index (χ3n) is 3.94. The Morgan fingerprint density at radius 1 is 1.25 bits per heavy atom. The number of aliphatic hydroxyl groups excluding tert-OH is 1. The van der Waals surface area contributed by atoms with Gasteiger partial charge < -0.3 is 19.9 Å². The van der Waals surface area contributed by atoms with Gasteiger partial charge in [-0.1, -0.05) is 39.0 Å². The highest BCUT2D eigenvalue weighted by Crippen LogP contribution is 2.17. The first-order valence-corrected chi connectivity index (χ1v) is 8.25. The third kappa shape index (κ3) is 8.20. The highest BCUT2D eigenvalue weighted by atomic mass is 16.5. The van der Waals surface area contributed by atoms with Gasteiger partial charge in [0.2, 0.25) is 0 Å². The van der Waals surface area contributed by atoms with Crippen LogP contribution in [0.5, 0.6) is 0 Å². The van der Waals surface area contributed by atoms with E-state index in [1.807, 2.05) is 0 Å². The lowest BCUT2D eigenvalue weighted by Crippen LogP contribution is -2.47. The summed E-state index contributed by atoms with van der Waals surface area (Å²) in [5.74, 6) is 0. The van der Waals surface area contributed by atoms with Crippen LogP contribution < -0.4 is 5.32 Å². The van der Waals surface area contributed by atoms with Crippen molar-refractivity contribution in [2.24, 2.45) is 0 Å². The number of rotatable bonds is 12. The molecule has 1 aliphatic heterocycles. The van der Waals surface area contributed by atoms with Gasteiger partial charge in [-0.3, -0.25) is 0 Å². The van der Waals surface area contributed by atoms with E-state index in [4.69, 9.17) is 9.47 Å². The first-order chi connectivity index (χ1) is 9.66. The van der Waals surface area contributed by atoms with Gasteiger partial charge in [-0.15, -0.1) is 0 Å². The van der Waals surface area contributed by atoms with E-state index in [-0.39, 0.29) is 5.54 Å². The first kappa shape index (κ1) is 17.9. The number of ether oxygens (including phenoxy) is 2. The summed E-state index contributed by atoms with van der Waals surface area (Å²) in [4.78, 5) is 0. The van der Waals surface area contributed by atoms with E-state index in [2.05, 4.69) is 19.2 Å². The van der Waals surface area contributed by atoms with E-state index in [9.17, 15) is 5.11 Å². The molecule has 1 rings (SSSR count). The zero-order valence-corrected chi connectivity index (χ0v) is 13.3. The fraction of sp³-hybridized carbons (Fsp3) is 1.00. The van der Waals surface area contributed by atoms with E-state index in [0.717, 1.165) is 32.7 Å². The van der Waals surface area contributed by atoms with Crippen molar-refractivity contribution in [2.45, 2.75) is 70.4 Å². The molecule has 1 aliphatic rings. The van der Waals surface area contributed by atoms with Crippen LogP contribution in [0.3, 0.4) is 0 Å². The van der Waals surface area contributed by atoms with Crippen molar-refractivity contribution in [2.75, 3.05) is 33.0 Å². The molecule has 2 unspecified atom stereocenters. The highest BCUT2D eigenvalue weighted by Gasteiger charge is 2.29. The zero-order valence-electron chi connectivity index (χ0n) is 13.3. The molecular weight excluding hydrogens is 254 g/mol. The Balaban J connectivity index is 1.88. The summed E-state index contributed by atoms with van der Waals surface area (Å²) in [6, 6.07) is 0. The summed E-state index contributed by atoms with van der Waals surface area (Å²) < 4.78 is 10.9. The van der Waals surface area contributed by atoms with E-state index in [0.29, 0.717) is 13.2 Å². The normalized spacial score (nSPS) is 24.1. The number of hydrogen-bond acceptors (Lipinski definition) is 4. The molecule has 1 fully saturated rings. The first-order valence-electron chi connectivity index (χ1n) is 8.25. The molecule has 20 heavy (non-hydrogen) atoms. The summed E-state index contributed by atoms with van der Waals surface area (Å²) >= 11 is 0. The largest absolute Gasteiger partial charge is 0.389 e. The topological polar surface area (TPSA) is 50.7 Å². The SMILES string of the molecule is CCCCCCCCOCC(O)CNC1(C)CCOC1. The molecule has 0 aromatic carbocycles. The minimum Gasteiger partial charge on any atom is -0.389 e. The van der Waals surface area contributed by atoms with E-state index >= 15 is 0 Å². The number of β-amino-alcohol motifs (C(OH)–C–C–N with tert-alkyl or cyclic N) is 1. The predicted octanol–water partition coefficient (Wildman–Crippen LogP) is 2.49. The van der Waals surface area contributed by atoms with Gasteiger partial charge in [0.05, 0.1) is 19.3 Å². The lowest BCUT2D eigenvalue weighted by atomic mass is 10.0. The van der Waals surface area contributed by atoms with Gasteiger partial charge >= 0.3 is 0 Å². The van der Waals surface area contributed by atoms with Crippen LogP contribution in [-0.4, -0.2) is 49.7 Å². The second-order valence-electron chi connectivity index (χ2n) is 6.24. The predicted molar refractivity (Wildman–Crippen MR) is 82.0 cm³/mol. The molecule has 0 spiro atoms. The van der Waals surface area contributed by atoms with Crippen LogP contribution in [0, 0.1) is 0 Å². The second-order valence-corrected chi connectivity index (χ2v) is 6.24. The summed E-state index contributed by atoms with van der Waals surface area (Å²) in [5, 5.41) is 13.2. The van der Waals surface area contributed by atoms with Crippen molar-refractivity contribution >= 4 is 0 Å². The average Bonchev–Trinajstić information content (AvgIpc) is 2.87. The highest BCUT2D eigenvalue weighted by molar-refractivity contribution is 4.87. The Kier molecular flexibility index (Phi) is 9.44. The number of hydrogen-bond donors (Lipinski definition) is 2. The summed E-state index contributed by atoms with van der Waals surface area (Å²) in [6.45, 7) is 7.70. The van der Waals surface area contributed by atoms with Crippen LogP contribution in [0.2, 0.25) is 0 Å². The number of nitrogens with one attached hydrogen (secondary N) is 1. The fourth-order valence-electron chi connectivity index (χ4n) is 2.43. The molecule has 0 amide bonds. The quantitative estimate of drug-likeness (QED) is 0.542. The number of aliphatic hydroxyl groups is 1. The average molecular weight is 287 g/mol. The van der Waals surface area contributed by atoms with Crippen LogP contribution in [0.1, 0.15) is 58.8 Å². The molecule has 2 atom stereocenters. The van der Waals surface area contributed by atoms with E-state index in [1.54, 1.807) is 0 Å². The smallest absolute Gasteiger partial charge is 0.0897 e. The van der Waals surface area contributed by atoms with Gasteiger partial charge in [-0.05, 0) is 19.8 Å². The summed E-state index contributed by atoms with van der Waals surface area (Å²) in [7, 11) is 0. The number of unbranched alkanes of at least 4 members (excludes halogenated alkanes) is 5. The van der Waals surface area contributed by atoms with Crippen LogP contribution >= 0.6 is 0 Å². The summed E-state index contributed by atoms with van der Waals surface area (Å²) in [6.07, 6.45) is 8.21. The monoisotopic (exact) mass is 287 g/mol. The molecule has 1 saturated heterocycles. The maximum atomic E-state index is 9.87. The molecule has 0 aromatic heterocycles. The molecule has 120 valence electrons. The van der Waals surface area contributed by atoms with Crippen molar-refractivity contribution in [1.82, 2.24) is 5.32 Å². The van der Waals surface area contributed by atoms with Gasteiger partial charge in [0.15, 0.2) is 0 Å². The molecule has 0 bridgehead atoms. The molecule has 4 nitrogen and oxygen atoms in total. The van der Waals surface area contributed by atoms with Crippen molar-refractivity contribution in [1.29, 1.82) is 0 Å². The lowest BCUT2D eigenvalue weighted by Gasteiger charge is -2.25. The molecule has 2 N–H and O–H groups in total. The molecule has 0 aliphatic carbocycles. The Morgan fingerprint density at radius 3 is 2.70 bits per heavy atom. The molecule has 1 heterocycles. The maximum Gasteiger partial charge on any atom is 0.0897 e. The van der Waals surface area contributed by atoms with Crippen molar-refractivity contribution in [3.05, 3.63) is 0 Å². The van der Waals surface area contributed by atoms with Crippen LogP contribution in [0.4, 0.5) is 0 Å². The van der Waals surface area contributed by atoms with E-state index in [1.165, 1.54) is 32.1 Å². The molecule has 0 saturated carbocycles. The Labute approximate surface area is 124 Å². The zero-order chi connectivity index (χ0) is 14.7. The van der Waals surface area contributed by atoms with Gasteiger partial charge in [-0.25, -0.2) is 0 Å². The van der Waals surface area contributed by atoms with Gasteiger partial charge in [0.25, 0.3) is 0 Å². The fourth-order valence-corrected chi connectivity index (χ4v) is 2.43. The van der Waals surface area contributed by atoms with Crippen molar-refractivity contribution < 1.29 is 14.6 Å². The maximum absolute atomic E-state index is 9.87. The molecular formula is C16H33NO3. The Hall–Kier alpha value is -0.160. The van der Waals surface area contributed by atoms with Crippen LogP contribution in [-0.2, 0) is 9.47 Å². The standard InChI is InChI=1S/C16H33NO3/c1-3-4-5-6-7-8-10-19-13-15(18)12-17-16(2)9-11-20-14-16/h15,17-18H,3-14H2,1-2H3. The molecule has 4 heteroatoms.